The van der Waals surface area contributed by atoms with Gasteiger partial charge in [-0.25, -0.2) is 4.21 Å². The molecule has 7 rings (SSSR count). The van der Waals surface area contributed by atoms with Crippen LogP contribution < -0.4 is 14.4 Å². The van der Waals surface area contributed by atoms with Crippen molar-refractivity contribution in [2.24, 2.45) is 22.1 Å². The van der Waals surface area contributed by atoms with Gasteiger partial charge < -0.3 is 14.4 Å². The summed E-state index contributed by atoms with van der Waals surface area (Å²) in [7, 11) is -1.82. The van der Waals surface area contributed by atoms with Crippen LogP contribution in [0.2, 0.25) is 5.02 Å². The maximum Gasteiger partial charge on any atom is 0.286 e. The van der Waals surface area contributed by atoms with Crippen LogP contribution in [0.5, 0.6) is 5.75 Å². The number of carbonyl (C=O) groups excluding carboxylic acids is 2. The van der Waals surface area contributed by atoms with E-state index in [0.717, 1.165) is 55.8 Å². The van der Waals surface area contributed by atoms with E-state index in [2.05, 4.69) is 43.4 Å². The van der Waals surface area contributed by atoms with Crippen LogP contribution in [0, 0.1) is 17.8 Å². The zero-order valence-electron chi connectivity index (χ0n) is 30.6. The van der Waals surface area contributed by atoms with E-state index < -0.39 is 27.0 Å². The number of ether oxygens (including phenoxy) is 2. The number of hydrogen-bond acceptors (Lipinski definition) is 7. The second-order valence-electron chi connectivity index (χ2n) is 15.2. The molecule has 278 valence electrons. The van der Waals surface area contributed by atoms with Crippen LogP contribution >= 0.6 is 11.6 Å². The highest BCUT2D eigenvalue weighted by molar-refractivity contribution is 7.93. The van der Waals surface area contributed by atoms with Crippen molar-refractivity contribution >= 4 is 39.0 Å². The number of methoxy groups -OCH3 is 1. The molecule has 1 aromatic heterocycles. The summed E-state index contributed by atoms with van der Waals surface area (Å²) in [6, 6.07) is 11.6. The fourth-order valence-corrected chi connectivity index (χ4v) is 10.9. The minimum Gasteiger partial charge on any atom is -0.490 e. The number of nitrogens with zero attached hydrogens (tertiary/aromatic N) is 4. The van der Waals surface area contributed by atoms with Crippen molar-refractivity contribution in [3.63, 3.8) is 0 Å². The number of allylic oxidation sites excluding steroid dienone is 1. The SMILES string of the molecule is CCn1cc(C(=O)NS2(=O)=NC(=O)c3ccc4c(c3)N(C[C@@H]3CCC[C@H]3[C@@H](OC)/C=C/C[C@H](C)[C@H]2C)C[C@@]2(CCCc3cc(Cl)ccc32)CO4)cn1. The van der Waals surface area contributed by atoms with E-state index in [1.54, 1.807) is 31.0 Å². The average molecular weight is 748 g/mol. The summed E-state index contributed by atoms with van der Waals surface area (Å²) in [6.07, 6.45) is 14.0. The molecule has 10 nitrogen and oxygen atoms in total. The van der Waals surface area contributed by atoms with Crippen LogP contribution in [0.25, 0.3) is 0 Å². The molecule has 1 fully saturated rings. The van der Waals surface area contributed by atoms with Crippen molar-refractivity contribution in [1.82, 2.24) is 14.5 Å². The van der Waals surface area contributed by atoms with E-state index >= 15 is 0 Å². The molecule has 2 bridgehead atoms. The molecular weight excluding hydrogens is 698 g/mol. The van der Waals surface area contributed by atoms with Gasteiger partial charge in [0.2, 0.25) is 0 Å². The summed E-state index contributed by atoms with van der Waals surface area (Å²) in [5.74, 6) is -0.0199. The van der Waals surface area contributed by atoms with Crippen LogP contribution in [0.3, 0.4) is 0 Å². The normalized spacial score (nSPS) is 31.1. The molecule has 52 heavy (non-hydrogen) atoms. The van der Waals surface area contributed by atoms with E-state index in [4.69, 9.17) is 21.1 Å². The number of rotatable bonds is 4. The molecular formula is C40H50ClN5O5S. The molecule has 2 aromatic carbocycles. The Balaban J connectivity index is 1.33. The van der Waals surface area contributed by atoms with Crippen molar-refractivity contribution in [1.29, 1.82) is 0 Å². The number of benzene rings is 2. The lowest BCUT2D eigenvalue weighted by Crippen LogP contribution is -2.47. The van der Waals surface area contributed by atoms with Crippen LogP contribution in [-0.2, 0) is 33.0 Å². The second kappa shape index (κ2) is 15.0. The molecule has 1 spiro atoms. The quantitative estimate of drug-likeness (QED) is 0.277. The minimum absolute atomic E-state index is 0.0751. The summed E-state index contributed by atoms with van der Waals surface area (Å²) >= 11 is 6.48. The summed E-state index contributed by atoms with van der Waals surface area (Å²) in [5.41, 5.74) is 3.65. The largest absolute Gasteiger partial charge is 0.490 e. The van der Waals surface area contributed by atoms with Crippen molar-refractivity contribution in [3.05, 3.63) is 88.2 Å². The van der Waals surface area contributed by atoms with Gasteiger partial charge >= 0.3 is 0 Å². The first-order chi connectivity index (χ1) is 25.0. The fourth-order valence-electron chi connectivity index (χ4n) is 8.81. The summed E-state index contributed by atoms with van der Waals surface area (Å²) in [6.45, 7) is 8.26. The first kappa shape index (κ1) is 36.7. The number of nitrogens with one attached hydrogen (secondary N) is 1. The molecule has 0 radical (unpaired) electrons. The molecule has 3 aromatic rings. The van der Waals surface area contributed by atoms with Gasteiger partial charge in [0, 0.05) is 48.9 Å². The number of carbonyl (C=O) groups is 2. The number of amides is 2. The number of anilines is 1. The fraction of sp³-hybridized carbons (Fsp3) is 0.525. The number of aromatic nitrogens is 2. The molecule has 0 saturated heterocycles. The highest BCUT2D eigenvalue weighted by atomic mass is 35.5. The smallest absolute Gasteiger partial charge is 0.286 e. The van der Waals surface area contributed by atoms with Crippen LogP contribution in [-0.4, -0.2) is 64.0 Å². The van der Waals surface area contributed by atoms with Crippen LogP contribution in [0.4, 0.5) is 5.69 Å². The molecule has 1 unspecified atom stereocenters. The zero-order valence-corrected chi connectivity index (χ0v) is 32.1. The maximum atomic E-state index is 14.9. The average Bonchev–Trinajstić information content (AvgIpc) is 3.78. The van der Waals surface area contributed by atoms with Gasteiger partial charge in [-0.1, -0.05) is 43.2 Å². The topological polar surface area (TPSA) is 115 Å². The van der Waals surface area contributed by atoms with Gasteiger partial charge in [-0.05, 0) is 112 Å². The van der Waals surface area contributed by atoms with Crippen molar-refractivity contribution in [3.8, 4) is 5.75 Å². The van der Waals surface area contributed by atoms with E-state index in [-0.39, 0.29) is 23.0 Å². The molecule has 2 amide bonds. The van der Waals surface area contributed by atoms with Crippen molar-refractivity contribution < 1.29 is 23.3 Å². The Morgan fingerprint density at radius 1 is 1.17 bits per heavy atom. The van der Waals surface area contributed by atoms with E-state index in [0.29, 0.717) is 49.3 Å². The van der Waals surface area contributed by atoms with E-state index in [1.165, 1.54) is 17.3 Å². The summed E-state index contributed by atoms with van der Waals surface area (Å²) in [4.78, 5) is 30.1. The van der Waals surface area contributed by atoms with Crippen molar-refractivity contribution in [2.45, 2.75) is 89.0 Å². The number of aryl methyl sites for hydroxylation is 2. The highest BCUT2D eigenvalue weighted by Gasteiger charge is 2.44. The Kier molecular flexibility index (Phi) is 10.6. The molecule has 12 heteroatoms. The number of hydrogen-bond donors (Lipinski definition) is 1. The maximum absolute atomic E-state index is 14.9. The van der Waals surface area contributed by atoms with E-state index in [9.17, 15) is 13.8 Å². The molecule has 4 aliphatic rings. The third kappa shape index (κ3) is 7.16. The summed E-state index contributed by atoms with van der Waals surface area (Å²) < 4.78 is 36.4. The number of halogens is 1. The molecule has 7 atom stereocenters. The van der Waals surface area contributed by atoms with Crippen LogP contribution in [0.15, 0.2) is 65.3 Å². The Morgan fingerprint density at radius 3 is 2.81 bits per heavy atom. The Morgan fingerprint density at radius 2 is 2.02 bits per heavy atom. The molecule has 2 aliphatic carbocycles. The third-order valence-electron chi connectivity index (χ3n) is 12.0. The zero-order chi connectivity index (χ0) is 36.6. The monoisotopic (exact) mass is 747 g/mol. The molecule has 1 saturated carbocycles. The predicted octanol–water partition coefficient (Wildman–Crippen LogP) is 7.40. The first-order valence-corrected chi connectivity index (χ1v) is 20.6. The Labute approximate surface area is 312 Å². The molecule has 1 N–H and O–H groups in total. The predicted molar refractivity (Wildman–Crippen MR) is 204 cm³/mol. The lowest BCUT2D eigenvalue weighted by molar-refractivity contribution is 0.0728. The van der Waals surface area contributed by atoms with Gasteiger partial charge in [0.1, 0.15) is 15.7 Å². The van der Waals surface area contributed by atoms with Gasteiger partial charge in [0.05, 0.1) is 35.4 Å². The van der Waals surface area contributed by atoms with Gasteiger partial charge in [-0.15, -0.1) is 4.36 Å². The van der Waals surface area contributed by atoms with Crippen LogP contribution in [0.1, 0.15) is 91.1 Å². The van der Waals surface area contributed by atoms with Gasteiger partial charge in [0.25, 0.3) is 11.8 Å². The van der Waals surface area contributed by atoms with Gasteiger partial charge in [0.15, 0.2) is 0 Å². The lowest BCUT2D eigenvalue weighted by atomic mass is 9.70. The number of fused-ring (bicyclic) bond motifs is 4. The Bertz CT molecular complexity index is 1990. The third-order valence-corrected chi connectivity index (χ3v) is 14.6. The second-order valence-corrected chi connectivity index (χ2v) is 17.9. The highest BCUT2D eigenvalue weighted by Crippen LogP contribution is 2.46. The summed E-state index contributed by atoms with van der Waals surface area (Å²) in [5, 5.41) is 4.29. The standard InChI is InChI=1S/C40H50ClN5O5S/c1-5-46-23-31(21-42-46)39(48)44-52(49)27(3)26(2)9-6-13-36(50-4)33-12-7-10-30(33)22-45-24-40(18-8-11-28-19-32(41)15-16-34(28)40)25-51-37-17-14-29(20-35(37)45)38(47)43-52/h6,13-17,19-21,23,26-27,30,33,36H,5,7-12,18,22,24-25H2,1-4H3,(H,43,44,47,48,49)/b13-6+/t26-,27+,30-,33+,36-,40-,52?/m0/s1. The lowest BCUT2D eigenvalue weighted by Gasteiger charge is -2.42. The molecule has 2 aliphatic heterocycles. The van der Waals surface area contributed by atoms with E-state index in [1.807, 2.05) is 32.0 Å². The minimum atomic E-state index is -3.60. The van der Waals surface area contributed by atoms with Gasteiger partial charge in [-0.2, -0.15) is 5.10 Å². The Hall–Kier alpha value is -3.67. The van der Waals surface area contributed by atoms with Gasteiger partial charge in [-0.3, -0.25) is 19.0 Å². The first-order valence-electron chi connectivity index (χ1n) is 18.7. The molecule has 3 heterocycles. The van der Waals surface area contributed by atoms with Crippen molar-refractivity contribution in [2.75, 3.05) is 31.7 Å².